The van der Waals surface area contributed by atoms with Gasteiger partial charge in [-0.25, -0.2) is 9.37 Å². The van der Waals surface area contributed by atoms with Crippen LogP contribution in [0.4, 0.5) is 4.39 Å². The summed E-state index contributed by atoms with van der Waals surface area (Å²) in [5.41, 5.74) is 2.22. The van der Waals surface area contributed by atoms with Crippen molar-refractivity contribution in [2.24, 2.45) is 0 Å². The van der Waals surface area contributed by atoms with Gasteiger partial charge in [-0.15, -0.1) is 0 Å². The molecular weight excluding hydrogens is 321 g/mol. The SMILES string of the molecule is COCCN(Cc1ccc(F)cc1)Cc1cc(=O)n2ccccc2n1. The molecule has 2 aromatic heterocycles. The van der Waals surface area contributed by atoms with Crippen LogP contribution < -0.4 is 5.56 Å². The van der Waals surface area contributed by atoms with Crippen LogP contribution in [0, 0.1) is 5.82 Å². The Kier molecular flexibility index (Phi) is 5.53. The number of halogens is 1. The Labute approximate surface area is 145 Å². The van der Waals surface area contributed by atoms with Crippen molar-refractivity contribution in [2.75, 3.05) is 20.3 Å². The maximum absolute atomic E-state index is 13.1. The minimum atomic E-state index is -0.253. The molecule has 25 heavy (non-hydrogen) atoms. The largest absolute Gasteiger partial charge is 0.383 e. The Morgan fingerprint density at radius 2 is 1.96 bits per heavy atom. The van der Waals surface area contributed by atoms with E-state index in [0.717, 1.165) is 5.56 Å². The molecule has 0 unspecified atom stereocenters. The standard InChI is InChI=1S/C19H20FN3O2/c1-25-11-10-22(13-15-5-7-16(20)8-6-15)14-17-12-19(24)23-9-3-2-4-18(23)21-17/h2-9,12H,10-11,13-14H2,1H3. The van der Waals surface area contributed by atoms with Gasteiger partial charge >= 0.3 is 0 Å². The summed E-state index contributed by atoms with van der Waals surface area (Å²) in [6, 6.07) is 13.4. The van der Waals surface area contributed by atoms with E-state index in [0.29, 0.717) is 37.6 Å². The first kappa shape index (κ1) is 17.3. The number of methoxy groups -OCH3 is 1. The summed E-state index contributed by atoms with van der Waals surface area (Å²) >= 11 is 0. The molecule has 3 rings (SSSR count). The van der Waals surface area contributed by atoms with Crippen LogP contribution in [0.5, 0.6) is 0 Å². The van der Waals surface area contributed by atoms with Crippen molar-refractivity contribution in [3.8, 4) is 0 Å². The smallest absolute Gasteiger partial charge is 0.258 e. The molecule has 0 atom stereocenters. The summed E-state index contributed by atoms with van der Waals surface area (Å²) in [6.07, 6.45) is 1.70. The van der Waals surface area contributed by atoms with E-state index in [-0.39, 0.29) is 11.4 Å². The molecule has 3 aromatic rings. The fourth-order valence-corrected chi connectivity index (χ4v) is 2.70. The van der Waals surface area contributed by atoms with Gasteiger partial charge in [0, 0.05) is 39.0 Å². The van der Waals surface area contributed by atoms with Crippen molar-refractivity contribution < 1.29 is 9.13 Å². The average molecular weight is 341 g/mol. The molecule has 0 aliphatic rings. The third-order valence-electron chi connectivity index (χ3n) is 3.94. The van der Waals surface area contributed by atoms with Crippen molar-refractivity contribution in [2.45, 2.75) is 13.1 Å². The van der Waals surface area contributed by atoms with Crippen LogP contribution in [0.2, 0.25) is 0 Å². The van der Waals surface area contributed by atoms with Gasteiger partial charge in [0.15, 0.2) is 0 Å². The van der Waals surface area contributed by atoms with Gasteiger partial charge in [-0.1, -0.05) is 18.2 Å². The lowest BCUT2D eigenvalue weighted by molar-refractivity contribution is 0.139. The number of rotatable bonds is 7. The summed E-state index contributed by atoms with van der Waals surface area (Å²) in [5.74, 6) is -0.253. The van der Waals surface area contributed by atoms with Gasteiger partial charge < -0.3 is 4.74 Å². The molecule has 0 aliphatic carbocycles. The van der Waals surface area contributed by atoms with Crippen LogP contribution >= 0.6 is 0 Å². The number of fused-ring (bicyclic) bond motifs is 1. The van der Waals surface area contributed by atoms with Crippen molar-refractivity contribution >= 4 is 5.65 Å². The van der Waals surface area contributed by atoms with E-state index >= 15 is 0 Å². The molecule has 0 fully saturated rings. The Morgan fingerprint density at radius 1 is 1.16 bits per heavy atom. The van der Waals surface area contributed by atoms with Gasteiger partial charge in [0.2, 0.25) is 0 Å². The first-order valence-electron chi connectivity index (χ1n) is 8.09. The van der Waals surface area contributed by atoms with Crippen molar-refractivity contribution in [3.63, 3.8) is 0 Å². The Morgan fingerprint density at radius 3 is 2.72 bits per heavy atom. The lowest BCUT2D eigenvalue weighted by atomic mass is 10.2. The van der Waals surface area contributed by atoms with E-state index in [9.17, 15) is 9.18 Å². The summed E-state index contributed by atoms with van der Waals surface area (Å²) in [4.78, 5) is 18.9. The molecule has 0 N–H and O–H groups in total. The number of benzene rings is 1. The van der Waals surface area contributed by atoms with Crippen LogP contribution in [0.25, 0.3) is 5.65 Å². The van der Waals surface area contributed by atoms with Gasteiger partial charge in [0.25, 0.3) is 5.56 Å². The quantitative estimate of drug-likeness (QED) is 0.662. The monoisotopic (exact) mass is 341 g/mol. The predicted molar refractivity (Wildman–Crippen MR) is 93.9 cm³/mol. The third-order valence-corrected chi connectivity index (χ3v) is 3.94. The molecule has 0 spiro atoms. The molecule has 0 aliphatic heterocycles. The first-order chi connectivity index (χ1) is 12.2. The van der Waals surface area contributed by atoms with Crippen molar-refractivity contribution in [1.29, 1.82) is 0 Å². The molecule has 1 aromatic carbocycles. The Balaban J connectivity index is 1.82. The number of hydrogen-bond donors (Lipinski definition) is 0. The molecule has 130 valence electrons. The van der Waals surface area contributed by atoms with E-state index in [1.54, 1.807) is 37.6 Å². The fraction of sp³-hybridized carbons (Fsp3) is 0.263. The summed E-state index contributed by atoms with van der Waals surface area (Å²) in [5, 5.41) is 0. The van der Waals surface area contributed by atoms with Gasteiger partial charge in [-0.05, 0) is 29.8 Å². The fourth-order valence-electron chi connectivity index (χ4n) is 2.70. The normalized spacial score (nSPS) is 11.3. The number of pyridine rings is 1. The van der Waals surface area contributed by atoms with E-state index in [2.05, 4.69) is 9.88 Å². The molecule has 0 radical (unpaired) electrons. The number of ether oxygens (including phenoxy) is 1. The number of nitrogens with zero attached hydrogens (tertiary/aromatic N) is 3. The molecular formula is C19H20FN3O2. The second-order valence-electron chi connectivity index (χ2n) is 5.84. The van der Waals surface area contributed by atoms with E-state index in [1.165, 1.54) is 16.5 Å². The van der Waals surface area contributed by atoms with E-state index < -0.39 is 0 Å². The van der Waals surface area contributed by atoms with Gasteiger partial charge in [0.1, 0.15) is 11.5 Å². The van der Waals surface area contributed by atoms with Crippen LogP contribution in [0.15, 0.2) is 59.5 Å². The Hall–Kier alpha value is -2.57. The number of hydrogen-bond acceptors (Lipinski definition) is 4. The summed E-state index contributed by atoms with van der Waals surface area (Å²) in [6.45, 7) is 2.39. The first-order valence-corrected chi connectivity index (χ1v) is 8.09. The second kappa shape index (κ2) is 8.00. The van der Waals surface area contributed by atoms with E-state index in [1.807, 2.05) is 12.1 Å². The zero-order chi connectivity index (χ0) is 17.6. The highest BCUT2D eigenvalue weighted by Gasteiger charge is 2.10. The summed E-state index contributed by atoms with van der Waals surface area (Å²) < 4.78 is 19.8. The third kappa shape index (κ3) is 4.49. The molecule has 0 saturated heterocycles. The predicted octanol–water partition coefficient (Wildman–Crippen LogP) is 2.48. The van der Waals surface area contributed by atoms with Crippen LogP contribution in [-0.4, -0.2) is 34.5 Å². The highest BCUT2D eigenvalue weighted by Crippen LogP contribution is 2.10. The van der Waals surface area contributed by atoms with E-state index in [4.69, 9.17) is 4.74 Å². The van der Waals surface area contributed by atoms with Crippen LogP contribution in [-0.2, 0) is 17.8 Å². The molecule has 6 heteroatoms. The molecule has 2 heterocycles. The van der Waals surface area contributed by atoms with Crippen LogP contribution in [0.1, 0.15) is 11.3 Å². The minimum Gasteiger partial charge on any atom is -0.383 e. The molecule has 0 bridgehead atoms. The highest BCUT2D eigenvalue weighted by molar-refractivity contribution is 5.38. The Bertz CT molecular complexity index is 893. The maximum atomic E-state index is 13.1. The van der Waals surface area contributed by atoms with Crippen LogP contribution in [0.3, 0.4) is 0 Å². The lowest BCUT2D eigenvalue weighted by Gasteiger charge is -2.21. The summed E-state index contributed by atoms with van der Waals surface area (Å²) in [7, 11) is 1.65. The van der Waals surface area contributed by atoms with Gasteiger partial charge in [-0.3, -0.25) is 14.1 Å². The average Bonchev–Trinajstić information content (AvgIpc) is 2.61. The number of aromatic nitrogens is 2. The maximum Gasteiger partial charge on any atom is 0.258 e. The van der Waals surface area contributed by atoms with Crippen molar-refractivity contribution in [1.82, 2.24) is 14.3 Å². The minimum absolute atomic E-state index is 0.103. The zero-order valence-electron chi connectivity index (χ0n) is 14.1. The molecule has 0 amide bonds. The highest BCUT2D eigenvalue weighted by atomic mass is 19.1. The topological polar surface area (TPSA) is 46.8 Å². The van der Waals surface area contributed by atoms with Gasteiger partial charge in [0.05, 0.1) is 12.3 Å². The van der Waals surface area contributed by atoms with Crippen molar-refractivity contribution in [3.05, 3.63) is 82.2 Å². The lowest BCUT2D eigenvalue weighted by Crippen LogP contribution is -2.28. The second-order valence-corrected chi connectivity index (χ2v) is 5.84. The molecule has 5 nitrogen and oxygen atoms in total. The molecule has 0 saturated carbocycles. The van der Waals surface area contributed by atoms with Gasteiger partial charge in [-0.2, -0.15) is 0 Å². The zero-order valence-corrected chi connectivity index (χ0v) is 14.1.